The summed E-state index contributed by atoms with van der Waals surface area (Å²) in [4.78, 5) is 13.6. The van der Waals surface area contributed by atoms with E-state index in [4.69, 9.17) is 20.2 Å². The fourth-order valence-electron chi connectivity index (χ4n) is 2.42. The molecule has 1 heterocycles. The number of anilines is 1. The Hall–Kier alpha value is -1.47. The van der Waals surface area contributed by atoms with Crippen molar-refractivity contribution in [1.82, 2.24) is 0 Å². The molecule has 1 aromatic carbocycles. The number of halogens is 1. The van der Waals surface area contributed by atoms with E-state index in [0.717, 1.165) is 0 Å². The van der Waals surface area contributed by atoms with Crippen LogP contribution in [0, 0.1) is 5.92 Å². The van der Waals surface area contributed by atoms with Crippen molar-refractivity contribution < 1.29 is 22.7 Å². The van der Waals surface area contributed by atoms with Gasteiger partial charge < -0.3 is 14.4 Å². The first kappa shape index (κ1) is 15.9. The highest BCUT2D eigenvalue weighted by molar-refractivity contribution is 8.13. The Morgan fingerprint density at radius 3 is 2.52 bits per heavy atom. The molecule has 21 heavy (non-hydrogen) atoms. The molecule has 1 unspecified atom stereocenters. The highest BCUT2D eigenvalue weighted by atomic mass is 35.7. The van der Waals surface area contributed by atoms with E-state index in [2.05, 4.69) is 0 Å². The van der Waals surface area contributed by atoms with Gasteiger partial charge in [0.1, 0.15) is 0 Å². The first-order chi connectivity index (χ1) is 9.84. The number of nitrogens with zero attached hydrogens (tertiary/aromatic N) is 1. The monoisotopic (exact) mass is 333 g/mol. The third-order valence-electron chi connectivity index (χ3n) is 3.32. The van der Waals surface area contributed by atoms with Gasteiger partial charge in [0.25, 0.3) is 0 Å². The van der Waals surface area contributed by atoms with Crippen molar-refractivity contribution in [2.75, 3.05) is 31.4 Å². The number of rotatable bonds is 5. The molecule has 2 rings (SSSR count). The molecule has 1 aliphatic rings. The van der Waals surface area contributed by atoms with Crippen LogP contribution < -0.4 is 14.4 Å². The maximum absolute atomic E-state index is 12.0. The van der Waals surface area contributed by atoms with Crippen LogP contribution in [0.1, 0.15) is 6.42 Å². The van der Waals surface area contributed by atoms with Gasteiger partial charge in [0, 0.05) is 41.3 Å². The first-order valence-corrected chi connectivity index (χ1v) is 8.76. The van der Waals surface area contributed by atoms with Crippen LogP contribution >= 0.6 is 10.7 Å². The number of benzene rings is 1. The molecule has 0 spiro atoms. The molecule has 1 atom stereocenters. The van der Waals surface area contributed by atoms with Crippen LogP contribution in [0.3, 0.4) is 0 Å². The number of hydrogen-bond acceptors (Lipinski definition) is 5. The Bertz CT molecular complexity index is 646. The standard InChI is InChI=1S/C13H16ClNO5S/c1-19-11-4-3-10(6-12(11)20-2)15-7-9(5-13(15)16)8-21(14,17)18/h3-4,6,9H,5,7-8H2,1-2H3. The molecule has 0 saturated carbocycles. The Morgan fingerprint density at radius 2 is 1.95 bits per heavy atom. The van der Waals surface area contributed by atoms with Gasteiger partial charge in [-0.2, -0.15) is 0 Å². The lowest BCUT2D eigenvalue weighted by Gasteiger charge is -2.18. The molecule has 0 bridgehead atoms. The largest absolute Gasteiger partial charge is 0.493 e. The Kier molecular flexibility index (Phi) is 4.63. The molecule has 6 nitrogen and oxygen atoms in total. The zero-order valence-corrected chi connectivity index (χ0v) is 13.3. The summed E-state index contributed by atoms with van der Waals surface area (Å²) in [5, 5.41) is 0. The van der Waals surface area contributed by atoms with E-state index in [0.29, 0.717) is 23.7 Å². The molecule has 0 radical (unpaired) electrons. The maximum atomic E-state index is 12.0. The van der Waals surface area contributed by atoms with Crippen LogP contribution in [-0.4, -0.2) is 40.8 Å². The summed E-state index contributed by atoms with van der Waals surface area (Å²) in [6.07, 6.45) is 0.167. The lowest BCUT2D eigenvalue weighted by atomic mass is 10.1. The van der Waals surface area contributed by atoms with Crippen molar-refractivity contribution in [1.29, 1.82) is 0 Å². The third kappa shape index (κ3) is 3.79. The van der Waals surface area contributed by atoms with E-state index in [1.807, 2.05) is 0 Å². The molecule has 1 aliphatic heterocycles. The average Bonchev–Trinajstić information content (AvgIpc) is 2.76. The topological polar surface area (TPSA) is 72.9 Å². The molecule has 116 valence electrons. The molecular weight excluding hydrogens is 318 g/mol. The summed E-state index contributed by atoms with van der Waals surface area (Å²) in [6.45, 7) is 0.320. The highest BCUT2D eigenvalue weighted by Gasteiger charge is 2.33. The predicted octanol–water partition coefficient (Wildman–Crippen LogP) is 1.63. The van der Waals surface area contributed by atoms with E-state index < -0.39 is 9.05 Å². The van der Waals surface area contributed by atoms with Crippen molar-refractivity contribution in [3.05, 3.63) is 18.2 Å². The molecule has 1 saturated heterocycles. The number of amides is 1. The second-order valence-electron chi connectivity index (χ2n) is 4.82. The summed E-state index contributed by atoms with van der Waals surface area (Å²) in [5.74, 6) is 0.439. The Labute approximate surface area is 128 Å². The summed E-state index contributed by atoms with van der Waals surface area (Å²) in [6, 6.07) is 5.12. The molecule has 8 heteroatoms. The van der Waals surface area contributed by atoms with Crippen molar-refractivity contribution in [3.63, 3.8) is 0 Å². The lowest BCUT2D eigenvalue weighted by Crippen LogP contribution is -2.25. The predicted molar refractivity (Wildman–Crippen MR) is 79.6 cm³/mol. The summed E-state index contributed by atoms with van der Waals surface area (Å²) in [5.41, 5.74) is 0.645. The average molecular weight is 334 g/mol. The van der Waals surface area contributed by atoms with Crippen molar-refractivity contribution in [2.24, 2.45) is 5.92 Å². The second kappa shape index (κ2) is 6.11. The summed E-state index contributed by atoms with van der Waals surface area (Å²) < 4.78 is 32.6. The lowest BCUT2D eigenvalue weighted by molar-refractivity contribution is -0.117. The van der Waals surface area contributed by atoms with Gasteiger partial charge in [-0.25, -0.2) is 8.42 Å². The smallest absolute Gasteiger partial charge is 0.232 e. The zero-order valence-electron chi connectivity index (χ0n) is 11.7. The SMILES string of the molecule is COc1ccc(N2CC(CS(=O)(=O)Cl)CC2=O)cc1OC. The Morgan fingerprint density at radius 1 is 1.29 bits per heavy atom. The van der Waals surface area contributed by atoms with Gasteiger partial charge in [0.2, 0.25) is 15.0 Å². The van der Waals surface area contributed by atoms with Crippen LogP contribution in [0.4, 0.5) is 5.69 Å². The molecule has 1 amide bonds. The van der Waals surface area contributed by atoms with Gasteiger partial charge in [-0.1, -0.05) is 0 Å². The number of methoxy groups -OCH3 is 2. The summed E-state index contributed by atoms with van der Waals surface area (Å²) >= 11 is 0. The number of carbonyl (C=O) groups excluding carboxylic acids is 1. The maximum Gasteiger partial charge on any atom is 0.232 e. The fraction of sp³-hybridized carbons (Fsp3) is 0.462. The highest BCUT2D eigenvalue weighted by Crippen LogP contribution is 2.34. The van der Waals surface area contributed by atoms with Gasteiger partial charge in [-0.05, 0) is 12.1 Å². The van der Waals surface area contributed by atoms with Crippen LogP contribution in [0.15, 0.2) is 18.2 Å². The van der Waals surface area contributed by atoms with Gasteiger partial charge in [0.15, 0.2) is 11.5 Å². The molecule has 0 N–H and O–H groups in total. The minimum atomic E-state index is -3.61. The van der Waals surface area contributed by atoms with Crippen molar-refractivity contribution >= 4 is 31.3 Å². The third-order valence-corrected chi connectivity index (χ3v) is 4.57. The van der Waals surface area contributed by atoms with E-state index in [9.17, 15) is 13.2 Å². The first-order valence-electron chi connectivity index (χ1n) is 6.28. The van der Waals surface area contributed by atoms with Crippen LogP contribution in [0.25, 0.3) is 0 Å². The van der Waals surface area contributed by atoms with E-state index >= 15 is 0 Å². The molecule has 1 fully saturated rings. The minimum Gasteiger partial charge on any atom is -0.493 e. The van der Waals surface area contributed by atoms with Crippen molar-refractivity contribution in [3.8, 4) is 11.5 Å². The second-order valence-corrected chi connectivity index (χ2v) is 7.64. The quantitative estimate of drug-likeness (QED) is 0.766. The van der Waals surface area contributed by atoms with Crippen LogP contribution in [0.2, 0.25) is 0 Å². The minimum absolute atomic E-state index is 0.132. The van der Waals surface area contributed by atoms with E-state index in [1.165, 1.54) is 19.1 Å². The van der Waals surface area contributed by atoms with Gasteiger partial charge in [0.05, 0.1) is 20.0 Å². The molecule has 0 aliphatic carbocycles. The molecule has 1 aromatic rings. The number of carbonyl (C=O) groups is 1. The normalized spacial score (nSPS) is 18.9. The van der Waals surface area contributed by atoms with Gasteiger partial charge >= 0.3 is 0 Å². The Balaban J connectivity index is 2.21. The van der Waals surface area contributed by atoms with E-state index in [-0.39, 0.29) is 24.0 Å². The molecular formula is C13H16ClNO5S. The van der Waals surface area contributed by atoms with Crippen molar-refractivity contribution in [2.45, 2.75) is 6.42 Å². The number of ether oxygens (including phenoxy) is 2. The van der Waals surface area contributed by atoms with Gasteiger partial charge in [-0.15, -0.1) is 0 Å². The van der Waals surface area contributed by atoms with Crippen LogP contribution in [0.5, 0.6) is 11.5 Å². The summed E-state index contributed by atoms with van der Waals surface area (Å²) in [7, 11) is 4.67. The van der Waals surface area contributed by atoms with Gasteiger partial charge in [-0.3, -0.25) is 4.79 Å². The number of hydrogen-bond donors (Lipinski definition) is 0. The van der Waals surface area contributed by atoms with Crippen LogP contribution in [-0.2, 0) is 13.8 Å². The zero-order chi connectivity index (χ0) is 15.6. The molecule has 0 aromatic heterocycles. The van der Waals surface area contributed by atoms with E-state index in [1.54, 1.807) is 18.2 Å². The fourth-order valence-corrected chi connectivity index (χ4v) is 3.74.